The van der Waals surface area contributed by atoms with Gasteiger partial charge in [-0.25, -0.2) is 4.79 Å². The second kappa shape index (κ2) is 7.68. The standard InChI is InChI=1S/C15H10BrCl2NO4/c16-8-1-2-13(12(3-8)15(21)22)23-7-14(20)19-11-5-9(17)4-10(18)6-11/h1-6H,7H2,(H,19,20)(H,21,22). The van der Waals surface area contributed by atoms with E-state index in [1.54, 1.807) is 6.07 Å². The maximum atomic E-state index is 11.9. The first-order valence-corrected chi connectivity index (χ1v) is 7.81. The fourth-order valence-corrected chi connectivity index (χ4v) is 2.65. The Balaban J connectivity index is 2.03. The molecule has 0 aliphatic rings. The van der Waals surface area contributed by atoms with E-state index in [0.29, 0.717) is 20.2 Å². The molecule has 0 radical (unpaired) electrons. The number of ether oxygens (including phenoxy) is 1. The number of aromatic carboxylic acids is 1. The van der Waals surface area contributed by atoms with Crippen molar-refractivity contribution in [2.24, 2.45) is 0 Å². The van der Waals surface area contributed by atoms with E-state index >= 15 is 0 Å². The summed E-state index contributed by atoms with van der Waals surface area (Å²) in [5.74, 6) is -1.52. The SMILES string of the molecule is O=C(COc1ccc(Br)cc1C(=O)O)Nc1cc(Cl)cc(Cl)c1. The van der Waals surface area contributed by atoms with E-state index in [-0.39, 0.29) is 17.9 Å². The highest BCUT2D eigenvalue weighted by molar-refractivity contribution is 9.10. The second-order valence-corrected chi connectivity index (χ2v) is 6.23. The monoisotopic (exact) mass is 417 g/mol. The molecule has 0 fully saturated rings. The number of amides is 1. The molecule has 0 aliphatic carbocycles. The molecule has 0 aromatic heterocycles. The smallest absolute Gasteiger partial charge is 0.339 e. The zero-order valence-corrected chi connectivity index (χ0v) is 14.6. The largest absolute Gasteiger partial charge is 0.483 e. The highest BCUT2D eigenvalue weighted by Crippen LogP contribution is 2.24. The molecule has 120 valence electrons. The lowest BCUT2D eigenvalue weighted by atomic mass is 10.2. The molecule has 0 saturated carbocycles. The Morgan fingerprint density at radius 1 is 1.13 bits per heavy atom. The molecule has 2 aromatic carbocycles. The molecule has 5 nitrogen and oxygen atoms in total. The molecule has 0 atom stereocenters. The molecule has 8 heteroatoms. The molecule has 1 amide bonds. The van der Waals surface area contributed by atoms with Gasteiger partial charge < -0.3 is 15.2 Å². The fourth-order valence-electron chi connectivity index (χ4n) is 1.76. The van der Waals surface area contributed by atoms with Crippen LogP contribution in [-0.4, -0.2) is 23.6 Å². The highest BCUT2D eigenvalue weighted by Gasteiger charge is 2.13. The van der Waals surface area contributed by atoms with Gasteiger partial charge in [-0.05, 0) is 36.4 Å². The Morgan fingerprint density at radius 3 is 2.39 bits per heavy atom. The number of halogens is 3. The topological polar surface area (TPSA) is 75.6 Å². The van der Waals surface area contributed by atoms with Gasteiger partial charge >= 0.3 is 5.97 Å². The summed E-state index contributed by atoms with van der Waals surface area (Å²) in [6.07, 6.45) is 0. The average molecular weight is 419 g/mol. The van der Waals surface area contributed by atoms with Crippen LogP contribution in [0.25, 0.3) is 0 Å². The number of anilines is 1. The minimum absolute atomic E-state index is 0.0435. The molecule has 0 saturated heterocycles. The predicted molar refractivity (Wildman–Crippen MR) is 91.7 cm³/mol. The third kappa shape index (κ3) is 5.13. The third-order valence-corrected chi connectivity index (χ3v) is 3.61. The Kier molecular flexibility index (Phi) is 5.87. The fraction of sp³-hybridized carbons (Fsp3) is 0.0667. The molecule has 0 heterocycles. The molecule has 2 rings (SSSR count). The van der Waals surface area contributed by atoms with E-state index in [1.165, 1.54) is 30.3 Å². The van der Waals surface area contributed by atoms with Crippen LogP contribution in [0, 0.1) is 0 Å². The van der Waals surface area contributed by atoms with Crippen LogP contribution >= 0.6 is 39.1 Å². The summed E-state index contributed by atoms with van der Waals surface area (Å²) in [6, 6.07) is 9.09. The molecule has 2 aromatic rings. The molecule has 23 heavy (non-hydrogen) atoms. The number of carbonyl (C=O) groups excluding carboxylic acids is 1. The summed E-state index contributed by atoms with van der Waals surface area (Å²) in [4.78, 5) is 23.0. The summed E-state index contributed by atoms with van der Waals surface area (Å²) >= 11 is 14.9. The minimum atomic E-state index is -1.15. The van der Waals surface area contributed by atoms with Crippen LogP contribution in [0.1, 0.15) is 10.4 Å². The number of carboxylic acid groups (broad SMARTS) is 1. The van der Waals surface area contributed by atoms with Gasteiger partial charge in [0, 0.05) is 20.2 Å². The van der Waals surface area contributed by atoms with Crippen molar-refractivity contribution in [1.29, 1.82) is 0 Å². The summed E-state index contributed by atoms with van der Waals surface area (Å²) in [7, 11) is 0. The van der Waals surface area contributed by atoms with Gasteiger partial charge in [0.05, 0.1) is 0 Å². The third-order valence-electron chi connectivity index (χ3n) is 2.68. The first kappa shape index (κ1) is 17.6. The first-order chi connectivity index (χ1) is 10.8. The van der Waals surface area contributed by atoms with E-state index in [4.69, 9.17) is 33.0 Å². The van der Waals surface area contributed by atoms with Crippen LogP contribution in [0.3, 0.4) is 0 Å². The lowest BCUT2D eigenvalue weighted by Crippen LogP contribution is -2.20. The van der Waals surface area contributed by atoms with E-state index in [2.05, 4.69) is 21.2 Å². The number of benzene rings is 2. The predicted octanol–water partition coefficient (Wildman–Crippen LogP) is 4.47. The van der Waals surface area contributed by atoms with Crippen LogP contribution < -0.4 is 10.1 Å². The summed E-state index contributed by atoms with van der Waals surface area (Å²) in [5, 5.41) is 12.5. The van der Waals surface area contributed by atoms with Gasteiger partial charge in [0.2, 0.25) is 0 Å². The van der Waals surface area contributed by atoms with Crippen molar-refractivity contribution in [3.8, 4) is 5.75 Å². The highest BCUT2D eigenvalue weighted by atomic mass is 79.9. The first-order valence-electron chi connectivity index (χ1n) is 6.27. The summed E-state index contributed by atoms with van der Waals surface area (Å²) < 4.78 is 5.87. The van der Waals surface area contributed by atoms with E-state index in [0.717, 1.165) is 0 Å². The Hall–Kier alpha value is -1.76. The van der Waals surface area contributed by atoms with E-state index < -0.39 is 11.9 Å². The Bertz CT molecular complexity index is 747. The van der Waals surface area contributed by atoms with Gasteiger partial charge in [0.25, 0.3) is 5.91 Å². The minimum Gasteiger partial charge on any atom is -0.483 e. The second-order valence-electron chi connectivity index (χ2n) is 4.44. The molecule has 0 unspecified atom stereocenters. The molecule has 0 aliphatic heterocycles. The average Bonchev–Trinajstić information content (AvgIpc) is 2.44. The van der Waals surface area contributed by atoms with Gasteiger partial charge in [-0.1, -0.05) is 39.1 Å². The van der Waals surface area contributed by atoms with Gasteiger partial charge in [-0.2, -0.15) is 0 Å². The van der Waals surface area contributed by atoms with Crippen molar-refractivity contribution in [2.75, 3.05) is 11.9 Å². The number of hydrogen-bond acceptors (Lipinski definition) is 3. The van der Waals surface area contributed by atoms with Crippen molar-refractivity contribution in [3.05, 3.63) is 56.5 Å². The quantitative estimate of drug-likeness (QED) is 0.750. The number of carboxylic acids is 1. The number of nitrogens with one attached hydrogen (secondary N) is 1. The number of carbonyl (C=O) groups is 2. The Labute approximate surface area is 150 Å². The molecular formula is C15H10BrCl2NO4. The maximum Gasteiger partial charge on any atom is 0.339 e. The van der Waals surface area contributed by atoms with Crippen molar-refractivity contribution in [2.45, 2.75) is 0 Å². The lowest BCUT2D eigenvalue weighted by Gasteiger charge is -2.10. The van der Waals surface area contributed by atoms with E-state index in [1.807, 2.05) is 0 Å². The van der Waals surface area contributed by atoms with Crippen molar-refractivity contribution >= 4 is 56.7 Å². The Morgan fingerprint density at radius 2 is 1.78 bits per heavy atom. The maximum absolute atomic E-state index is 11.9. The van der Waals surface area contributed by atoms with Gasteiger partial charge in [-0.3, -0.25) is 4.79 Å². The van der Waals surface area contributed by atoms with Gasteiger partial charge in [-0.15, -0.1) is 0 Å². The van der Waals surface area contributed by atoms with Crippen LogP contribution in [0.5, 0.6) is 5.75 Å². The normalized spacial score (nSPS) is 10.2. The van der Waals surface area contributed by atoms with Crippen LogP contribution in [-0.2, 0) is 4.79 Å². The molecule has 0 bridgehead atoms. The molecule has 0 spiro atoms. The van der Waals surface area contributed by atoms with Gasteiger partial charge in [0.1, 0.15) is 11.3 Å². The van der Waals surface area contributed by atoms with Crippen LogP contribution in [0.4, 0.5) is 5.69 Å². The number of rotatable bonds is 5. The van der Waals surface area contributed by atoms with Crippen molar-refractivity contribution in [3.63, 3.8) is 0 Å². The molecular weight excluding hydrogens is 409 g/mol. The summed E-state index contributed by atoms with van der Waals surface area (Å²) in [5.41, 5.74) is 0.378. The van der Waals surface area contributed by atoms with E-state index in [9.17, 15) is 9.59 Å². The van der Waals surface area contributed by atoms with Crippen molar-refractivity contribution < 1.29 is 19.4 Å². The molecule has 2 N–H and O–H groups in total. The number of hydrogen-bond donors (Lipinski definition) is 2. The summed E-state index contributed by atoms with van der Waals surface area (Å²) in [6.45, 7) is -0.355. The van der Waals surface area contributed by atoms with Crippen molar-refractivity contribution in [1.82, 2.24) is 0 Å². The zero-order chi connectivity index (χ0) is 17.0. The lowest BCUT2D eigenvalue weighted by molar-refractivity contribution is -0.118. The van der Waals surface area contributed by atoms with Crippen LogP contribution in [0.15, 0.2) is 40.9 Å². The van der Waals surface area contributed by atoms with Gasteiger partial charge in [0.15, 0.2) is 6.61 Å². The van der Waals surface area contributed by atoms with Crippen LogP contribution in [0.2, 0.25) is 10.0 Å². The zero-order valence-electron chi connectivity index (χ0n) is 11.5.